The van der Waals surface area contributed by atoms with E-state index in [1.807, 2.05) is 0 Å². The number of nitrogens with zero attached hydrogens (tertiary/aromatic N) is 1. The highest BCUT2D eigenvalue weighted by atomic mass is 16.5. The lowest BCUT2D eigenvalue weighted by Crippen LogP contribution is -2.43. The zero-order valence-corrected chi connectivity index (χ0v) is 8.88. The van der Waals surface area contributed by atoms with Gasteiger partial charge < -0.3 is 10.1 Å². The second-order valence-corrected chi connectivity index (χ2v) is 3.86. The minimum atomic E-state index is 0.622. The van der Waals surface area contributed by atoms with Crippen molar-refractivity contribution >= 4 is 0 Å². The van der Waals surface area contributed by atoms with E-state index < -0.39 is 0 Å². The monoisotopic (exact) mass is 186 g/mol. The van der Waals surface area contributed by atoms with Gasteiger partial charge in [-0.2, -0.15) is 0 Å². The van der Waals surface area contributed by atoms with Crippen LogP contribution in [0.4, 0.5) is 0 Å². The normalized spacial score (nSPS) is 26.8. The molecule has 0 spiro atoms. The molecule has 1 rings (SSSR count). The Hall–Kier alpha value is -0.120. The molecule has 3 nitrogen and oxygen atoms in total. The summed E-state index contributed by atoms with van der Waals surface area (Å²) in [6.45, 7) is 7.75. The molecule has 0 aromatic heterocycles. The number of methoxy groups -OCH3 is 1. The van der Waals surface area contributed by atoms with Gasteiger partial charge in [0.2, 0.25) is 0 Å². The quantitative estimate of drug-likeness (QED) is 0.702. The molecular weight excluding hydrogens is 164 g/mol. The summed E-state index contributed by atoms with van der Waals surface area (Å²) in [5.41, 5.74) is 0. The summed E-state index contributed by atoms with van der Waals surface area (Å²) in [5.74, 6) is 0. The standard InChI is InChI=1S/C10H22N2O/c1-10-9-12(7-8-13-2)6-4-3-5-11-10/h10-11H,3-9H2,1-2H3. The van der Waals surface area contributed by atoms with Crippen molar-refractivity contribution in [2.24, 2.45) is 0 Å². The zero-order valence-electron chi connectivity index (χ0n) is 8.88. The van der Waals surface area contributed by atoms with E-state index in [0.717, 1.165) is 19.7 Å². The van der Waals surface area contributed by atoms with E-state index >= 15 is 0 Å². The molecule has 0 amide bonds. The van der Waals surface area contributed by atoms with E-state index in [1.54, 1.807) is 7.11 Å². The molecular formula is C10H22N2O. The fourth-order valence-corrected chi connectivity index (χ4v) is 1.78. The van der Waals surface area contributed by atoms with Crippen LogP contribution in [0.25, 0.3) is 0 Å². The van der Waals surface area contributed by atoms with E-state index in [2.05, 4.69) is 17.1 Å². The Bertz CT molecular complexity index is 128. The van der Waals surface area contributed by atoms with Crippen molar-refractivity contribution in [1.29, 1.82) is 0 Å². The first-order valence-electron chi connectivity index (χ1n) is 5.27. The topological polar surface area (TPSA) is 24.5 Å². The molecule has 13 heavy (non-hydrogen) atoms. The van der Waals surface area contributed by atoms with Gasteiger partial charge in [-0.25, -0.2) is 0 Å². The van der Waals surface area contributed by atoms with Crippen molar-refractivity contribution in [2.75, 3.05) is 39.9 Å². The zero-order chi connectivity index (χ0) is 9.52. The van der Waals surface area contributed by atoms with Crippen molar-refractivity contribution in [1.82, 2.24) is 10.2 Å². The first-order chi connectivity index (χ1) is 6.33. The molecule has 1 heterocycles. The molecule has 0 bridgehead atoms. The SMILES string of the molecule is COCCN1CCCCNC(C)C1. The lowest BCUT2D eigenvalue weighted by atomic mass is 10.2. The minimum Gasteiger partial charge on any atom is -0.383 e. The van der Waals surface area contributed by atoms with Crippen LogP contribution in [0.2, 0.25) is 0 Å². The van der Waals surface area contributed by atoms with E-state index in [9.17, 15) is 0 Å². The van der Waals surface area contributed by atoms with Crippen LogP contribution < -0.4 is 5.32 Å². The van der Waals surface area contributed by atoms with Gasteiger partial charge in [-0.05, 0) is 32.9 Å². The predicted octanol–water partition coefficient (Wildman–Crippen LogP) is 0.707. The molecule has 1 aliphatic rings. The molecule has 0 aliphatic carbocycles. The maximum absolute atomic E-state index is 5.09. The Kier molecular flexibility index (Phi) is 5.35. The molecule has 78 valence electrons. The number of hydrogen-bond donors (Lipinski definition) is 1. The Labute approximate surface area is 81.4 Å². The molecule has 1 fully saturated rings. The Morgan fingerprint density at radius 2 is 2.31 bits per heavy atom. The van der Waals surface area contributed by atoms with Crippen molar-refractivity contribution in [2.45, 2.75) is 25.8 Å². The van der Waals surface area contributed by atoms with Crippen molar-refractivity contribution < 1.29 is 4.74 Å². The highest BCUT2D eigenvalue weighted by Gasteiger charge is 2.11. The molecule has 0 aromatic rings. The fourth-order valence-electron chi connectivity index (χ4n) is 1.78. The summed E-state index contributed by atoms with van der Waals surface area (Å²) in [4.78, 5) is 2.49. The van der Waals surface area contributed by atoms with Crippen molar-refractivity contribution in [3.05, 3.63) is 0 Å². The van der Waals surface area contributed by atoms with Crippen LogP contribution in [0, 0.1) is 0 Å². The maximum Gasteiger partial charge on any atom is 0.0589 e. The third-order valence-electron chi connectivity index (χ3n) is 2.54. The summed E-state index contributed by atoms with van der Waals surface area (Å²) in [7, 11) is 1.77. The lowest BCUT2D eigenvalue weighted by molar-refractivity contribution is 0.136. The molecule has 0 saturated carbocycles. The summed E-state index contributed by atoms with van der Waals surface area (Å²) < 4.78 is 5.09. The molecule has 0 radical (unpaired) electrons. The van der Waals surface area contributed by atoms with E-state index in [0.29, 0.717) is 6.04 Å². The molecule has 1 saturated heterocycles. The number of nitrogens with one attached hydrogen (secondary N) is 1. The molecule has 1 N–H and O–H groups in total. The van der Waals surface area contributed by atoms with Crippen LogP contribution in [-0.2, 0) is 4.74 Å². The highest BCUT2D eigenvalue weighted by Crippen LogP contribution is 2.01. The van der Waals surface area contributed by atoms with Crippen molar-refractivity contribution in [3.63, 3.8) is 0 Å². The van der Waals surface area contributed by atoms with E-state index in [-0.39, 0.29) is 0 Å². The summed E-state index contributed by atoms with van der Waals surface area (Å²) >= 11 is 0. The van der Waals surface area contributed by atoms with Crippen LogP contribution in [0.5, 0.6) is 0 Å². The first-order valence-corrected chi connectivity index (χ1v) is 5.27. The smallest absolute Gasteiger partial charge is 0.0589 e. The third-order valence-corrected chi connectivity index (χ3v) is 2.54. The Morgan fingerprint density at radius 1 is 1.46 bits per heavy atom. The predicted molar refractivity (Wildman–Crippen MR) is 55.0 cm³/mol. The number of ether oxygens (including phenoxy) is 1. The average molecular weight is 186 g/mol. The second-order valence-electron chi connectivity index (χ2n) is 3.86. The Morgan fingerprint density at radius 3 is 3.08 bits per heavy atom. The van der Waals surface area contributed by atoms with Crippen molar-refractivity contribution in [3.8, 4) is 0 Å². The minimum absolute atomic E-state index is 0.622. The third kappa shape index (κ3) is 4.60. The molecule has 0 aromatic carbocycles. The molecule has 1 unspecified atom stereocenters. The Balaban J connectivity index is 2.23. The van der Waals surface area contributed by atoms with Gasteiger partial charge in [0.05, 0.1) is 6.61 Å². The van der Waals surface area contributed by atoms with E-state index in [4.69, 9.17) is 4.74 Å². The van der Waals surface area contributed by atoms with Gasteiger partial charge in [-0.15, -0.1) is 0 Å². The van der Waals surface area contributed by atoms with Gasteiger partial charge >= 0.3 is 0 Å². The van der Waals surface area contributed by atoms with Gasteiger partial charge in [0.25, 0.3) is 0 Å². The van der Waals surface area contributed by atoms with Crippen LogP contribution in [-0.4, -0.2) is 50.8 Å². The fraction of sp³-hybridized carbons (Fsp3) is 1.00. The highest BCUT2D eigenvalue weighted by molar-refractivity contribution is 4.71. The average Bonchev–Trinajstić information content (AvgIpc) is 2.09. The van der Waals surface area contributed by atoms with Crippen LogP contribution in [0.1, 0.15) is 19.8 Å². The number of rotatable bonds is 3. The summed E-state index contributed by atoms with van der Waals surface area (Å²) in [6.07, 6.45) is 2.61. The second kappa shape index (κ2) is 6.35. The van der Waals surface area contributed by atoms with E-state index in [1.165, 1.54) is 25.9 Å². The maximum atomic E-state index is 5.09. The van der Waals surface area contributed by atoms with Crippen LogP contribution >= 0.6 is 0 Å². The van der Waals surface area contributed by atoms with Gasteiger partial charge in [0, 0.05) is 26.2 Å². The molecule has 3 heteroatoms. The van der Waals surface area contributed by atoms with Gasteiger partial charge in [-0.1, -0.05) is 0 Å². The van der Waals surface area contributed by atoms with Gasteiger partial charge in [0.15, 0.2) is 0 Å². The lowest BCUT2D eigenvalue weighted by Gasteiger charge is -2.28. The molecule has 1 aliphatic heterocycles. The summed E-state index contributed by atoms with van der Waals surface area (Å²) in [6, 6.07) is 0.622. The van der Waals surface area contributed by atoms with Crippen LogP contribution in [0.3, 0.4) is 0 Å². The largest absolute Gasteiger partial charge is 0.383 e. The number of hydrogen-bond acceptors (Lipinski definition) is 3. The summed E-state index contributed by atoms with van der Waals surface area (Å²) in [5, 5.41) is 3.51. The van der Waals surface area contributed by atoms with Gasteiger partial charge in [0.1, 0.15) is 0 Å². The first kappa shape index (κ1) is 11.0. The molecule has 1 atom stereocenters. The van der Waals surface area contributed by atoms with Crippen LogP contribution in [0.15, 0.2) is 0 Å². The van der Waals surface area contributed by atoms with Gasteiger partial charge in [-0.3, -0.25) is 4.90 Å².